The number of benzene rings is 1. The van der Waals surface area contributed by atoms with Crippen LogP contribution >= 0.6 is 35.0 Å². The number of piperidine rings is 1. The number of thioether (sulfide) groups is 1. The van der Waals surface area contributed by atoms with Gasteiger partial charge in [0.15, 0.2) is 0 Å². The Hall–Kier alpha value is 0.110. The smallest absolute Gasteiger partial charge is 0.0556 e. The Kier molecular flexibility index (Phi) is 4.83. The van der Waals surface area contributed by atoms with Gasteiger partial charge in [-0.25, -0.2) is 0 Å². The van der Waals surface area contributed by atoms with Gasteiger partial charge in [-0.15, -0.1) is 11.8 Å². The van der Waals surface area contributed by atoms with Gasteiger partial charge in [0.1, 0.15) is 0 Å². The average Bonchev–Trinajstić information content (AvgIpc) is 2.30. The number of hydrogen-bond donors (Lipinski definition) is 1. The van der Waals surface area contributed by atoms with Crippen molar-refractivity contribution < 1.29 is 0 Å². The van der Waals surface area contributed by atoms with Crippen molar-refractivity contribution in [2.45, 2.75) is 30.2 Å². The third kappa shape index (κ3) is 3.30. The highest BCUT2D eigenvalue weighted by molar-refractivity contribution is 7.99. The van der Waals surface area contributed by atoms with Crippen molar-refractivity contribution in [3.05, 3.63) is 28.2 Å². The van der Waals surface area contributed by atoms with Crippen LogP contribution in [0.4, 0.5) is 0 Å². The predicted octanol–water partition coefficient (Wildman–Crippen LogP) is 4.23. The minimum atomic E-state index is 0.603. The summed E-state index contributed by atoms with van der Waals surface area (Å²) >= 11 is 14.0. The van der Waals surface area contributed by atoms with Gasteiger partial charge in [-0.2, -0.15) is 0 Å². The van der Waals surface area contributed by atoms with Gasteiger partial charge >= 0.3 is 0 Å². The molecule has 1 atom stereocenters. The first-order valence-corrected chi connectivity index (χ1v) is 7.32. The van der Waals surface area contributed by atoms with E-state index in [1.807, 2.05) is 18.2 Å². The molecule has 1 aromatic carbocycles. The van der Waals surface area contributed by atoms with Gasteiger partial charge < -0.3 is 5.32 Å². The highest BCUT2D eigenvalue weighted by Gasteiger charge is 2.14. The summed E-state index contributed by atoms with van der Waals surface area (Å²) in [4.78, 5) is 1.01. The number of hydrogen-bond acceptors (Lipinski definition) is 2. The largest absolute Gasteiger partial charge is 0.313 e. The first-order valence-electron chi connectivity index (χ1n) is 5.57. The molecule has 4 heteroatoms. The number of halogens is 2. The van der Waals surface area contributed by atoms with Gasteiger partial charge in [-0.05, 0) is 31.5 Å². The molecule has 88 valence electrons. The standard InChI is InChI=1S/C12H15Cl2NS/c13-10-5-3-6-11(14)12(10)16-8-9-4-1-2-7-15-9/h3,5-6,9,15H,1-2,4,7-8H2/t9-/m1/s1. The fourth-order valence-corrected chi connectivity index (χ4v) is 3.66. The maximum absolute atomic E-state index is 6.12. The molecule has 1 saturated heterocycles. The molecule has 0 unspecified atom stereocenters. The van der Waals surface area contributed by atoms with Crippen molar-refractivity contribution in [3.63, 3.8) is 0 Å². The Labute approximate surface area is 111 Å². The molecule has 0 bridgehead atoms. The molecule has 0 saturated carbocycles. The predicted molar refractivity (Wildman–Crippen MR) is 72.8 cm³/mol. The average molecular weight is 276 g/mol. The van der Waals surface area contributed by atoms with Crippen molar-refractivity contribution in [2.75, 3.05) is 12.3 Å². The second-order valence-electron chi connectivity index (χ2n) is 4.01. The Morgan fingerprint density at radius 2 is 2.00 bits per heavy atom. The van der Waals surface area contributed by atoms with E-state index in [1.165, 1.54) is 19.3 Å². The van der Waals surface area contributed by atoms with E-state index >= 15 is 0 Å². The molecule has 1 heterocycles. The Morgan fingerprint density at radius 3 is 2.62 bits per heavy atom. The van der Waals surface area contributed by atoms with Crippen LogP contribution in [0.3, 0.4) is 0 Å². The molecular weight excluding hydrogens is 261 g/mol. The van der Waals surface area contributed by atoms with E-state index in [2.05, 4.69) is 5.32 Å². The highest BCUT2D eigenvalue weighted by atomic mass is 35.5. The van der Waals surface area contributed by atoms with E-state index in [4.69, 9.17) is 23.2 Å². The molecular formula is C12H15Cl2NS. The van der Waals surface area contributed by atoms with E-state index in [9.17, 15) is 0 Å². The van der Waals surface area contributed by atoms with Crippen LogP contribution in [-0.4, -0.2) is 18.3 Å². The van der Waals surface area contributed by atoms with E-state index < -0.39 is 0 Å². The van der Waals surface area contributed by atoms with Crippen molar-refractivity contribution in [1.82, 2.24) is 5.32 Å². The van der Waals surface area contributed by atoms with Gasteiger partial charge in [0.25, 0.3) is 0 Å². The number of rotatable bonds is 3. The maximum Gasteiger partial charge on any atom is 0.0556 e. The van der Waals surface area contributed by atoms with Crippen LogP contribution in [0.15, 0.2) is 23.1 Å². The zero-order valence-corrected chi connectivity index (χ0v) is 11.3. The summed E-state index contributed by atoms with van der Waals surface area (Å²) < 4.78 is 0. The quantitative estimate of drug-likeness (QED) is 0.829. The normalized spacial score (nSPS) is 21.0. The molecule has 0 spiro atoms. The molecule has 1 aliphatic heterocycles. The molecule has 2 rings (SSSR count). The van der Waals surface area contributed by atoms with Crippen LogP contribution in [-0.2, 0) is 0 Å². The lowest BCUT2D eigenvalue weighted by Gasteiger charge is -2.23. The molecule has 0 aromatic heterocycles. The van der Waals surface area contributed by atoms with E-state index in [0.29, 0.717) is 6.04 Å². The Balaban J connectivity index is 1.93. The lowest BCUT2D eigenvalue weighted by Crippen LogP contribution is -2.35. The lowest BCUT2D eigenvalue weighted by molar-refractivity contribution is 0.430. The Morgan fingerprint density at radius 1 is 1.25 bits per heavy atom. The molecule has 0 amide bonds. The molecule has 1 aliphatic rings. The monoisotopic (exact) mass is 275 g/mol. The summed E-state index contributed by atoms with van der Waals surface area (Å²) in [7, 11) is 0. The van der Waals surface area contributed by atoms with E-state index in [-0.39, 0.29) is 0 Å². The van der Waals surface area contributed by atoms with Crippen molar-refractivity contribution in [2.24, 2.45) is 0 Å². The molecule has 0 aliphatic carbocycles. The fraction of sp³-hybridized carbons (Fsp3) is 0.500. The molecule has 1 N–H and O–H groups in total. The Bertz CT molecular complexity index is 331. The second kappa shape index (κ2) is 6.15. The summed E-state index contributed by atoms with van der Waals surface area (Å²) in [5, 5.41) is 5.04. The van der Waals surface area contributed by atoms with Crippen LogP contribution in [0.25, 0.3) is 0 Å². The first kappa shape index (κ1) is 12.6. The molecule has 0 radical (unpaired) electrons. The summed E-state index contributed by atoms with van der Waals surface area (Å²) in [5.41, 5.74) is 0. The minimum Gasteiger partial charge on any atom is -0.313 e. The second-order valence-corrected chi connectivity index (χ2v) is 5.85. The summed E-state index contributed by atoms with van der Waals surface area (Å²) in [6.07, 6.45) is 3.89. The van der Waals surface area contributed by atoms with Gasteiger partial charge in [0.2, 0.25) is 0 Å². The maximum atomic E-state index is 6.12. The van der Waals surface area contributed by atoms with Crippen LogP contribution in [0, 0.1) is 0 Å². The van der Waals surface area contributed by atoms with Crippen LogP contribution in [0.2, 0.25) is 10.0 Å². The van der Waals surface area contributed by atoms with Crippen molar-refractivity contribution >= 4 is 35.0 Å². The summed E-state index contributed by atoms with van der Waals surface area (Å²) in [6, 6.07) is 6.27. The first-order chi connectivity index (χ1) is 7.77. The molecule has 1 fully saturated rings. The van der Waals surface area contributed by atoms with Crippen molar-refractivity contribution in [1.29, 1.82) is 0 Å². The topological polar surface area (TPSA) is 12.0 Å². The van der Waals surface area contributed by atoms with Crippen LogP contribution in [0.5, 0.6) is 0 Å². The minimum absolute atomic E-state index is 0.603. The van der Waals surface area contributed by atoms with Gasteiger partial charge in [-0.1, -0.05) is 35.7 Å². The van der Waals surface area contributed by atoms with Gasteiger partial charge in [0.05, 0.1) is 10.0 Å². The van der Waals surface area contributed by atoms with Crippen LogP contribution < -0.4 is 5.32 Å². The zero-order chi connectivity index (χ0) is 11.4. The summed E-state index contributed by atoms with van der Waals surface area (Å²) in [5.74, 6) is 1.05. The van der Waals surface area contributed by atoms with E-state index in [1.54, 1.807) is 11.8 Å². The van der Waals surface area contributed by atoms with Gasteiger partial charge in [-0.3, -0.25) is 0 Å². The van der Waals surface area contributed by atoms with Gasteiger partial charge in [0, 0.05) is 16.7 Å². The molecule has 1 aromatic rings. The fourth-order valence-electron chi connectivity index (χ4n) is 1.87. The lowest BCUT2D eigenvalue weighted by atomic mass is 10.1. The van der Waals surface area contributed by atoms with Crippen molar-refractivity contribution in [3.8, 4) is 0 Å². The molecule has 16 heavy (non-hydrogen) atoms. The zero-order valence-electron chi connectivity index (χ0n) is 9.01. The third-order valence-electron chi connectivity index (χ3n) is 2.76. The van der Waals surface area contributed by atoms with E-state index in [0.717, 1.165) is 27.2 Å². The SMILES string of the molecule is Clc1cccc(Cl)c1SC[C@H]1CCCCN1. The third-order valence-corrected chi connectivity index (χ3v) is 4.91. The van der Waals surface area contributed by atoms with Crippen LogP contribution in [0.1, 0.15) is 19.3 Å². The molecule has 1 nitrogen and oxygen atoms in total. The highest BCUT2D eigenvalue weighted by Crippen LogP contribution is 2.34. The number of nitrogens with one attached hydrogen (secondary N) is 1. The summed E-state index contributed by atoms with van der Waals surface area (Å²) in [6.45, 7) is 1.14.